The second-order valence-corrected chi connectivity index (χ2v) is 7.16. The van der Waals surface area contributed by atoms with Crippen molar-refractivity contribution in [3.63, 3.8) is 0 Å². The van der Waals surface area contributed by atoms with E-state index in [9.17, 15) is 5.11 Å². The van der Waals surface area contributed by atoms with Crippen LogP contribution in [0.1, 0.15) is 50.8 Å². The number of hydrogen-bond donors (Lipinski definition) is 2. The Kier molecular flexibility index (Phi) is 5.42. The van der Waals surface area contributed by atoms with Gasteiger partial charge in [0, 0.05) is 44.2 Å². The predicted molar refractivity (Wildman–Crippen MR) is 88.6 cm³/mol. The van der Waals surface area contributed by atoms with Crippen LogP contribution in [0.3, 0.4) is 0 Å². The van der Waals surface area contributed by atoms with Gasteiger partial charge in [-0.05, 0) is 17.0 Å². The Labute approximate surface area is 129 Å². The van der Waals surface area contributed by atoms with Crippen molar-refractivity contribution in [2.75, 3.05) is 32.8 Å². The van der Waals surface area contributed by atoms with Crippen molar-refractivity contribution in [2.24, 2.45) is 5.41 Å². The monoisotopic (exact) mass is 290 g/mol. The molecule has 0 bridgehead atoms. The molecule has 21 heavy (non-hydrogen) atoms. The number of rotatable bonds is 5. The summed E-state index contributed by atoms with van der Waals surface area (Å²) in [6.07, 6.45) is 0. The highest BCUT2D eigenvalue weighted by Crippen LogP contribution is 2.38. The van der Waals surface area contributed by atoms with E-state index in [1.807, 2.05) is 0 Å². The van der Waals surface area contributed by atoms with Gasteiger partial charge in [-0.15, -0.1) is 0 Å². The van der Waals surface area contributed by atoms with Gasteiger partial charge in [-0.25, -0.2) is 0 Å². The van der Waals surface area contributed by atoms with E-state index in [2.05, 4.69) is 62.2 Å². The number of hydrogen-bond acceptors (Lipinski definition) is 3. The van der Waals surface area contributed by atoms with Crippen LogP contribution in [0.2, 0.25) is 0 Å². The predicted octanol–water partition coefficient (Wildman–Crippen LogP) is 2.77. The maximum Gasteiger partial charge on any atom is 0.0500 e. The molecule has 0 unspecified atom stereocenters. The average molecular weight is 290 g/mol. The Balaban J connectivity index is 2.29. The van der Waals surface area contributed by atoms with Crippen LogP contribution < -0.4 is 5.32 Å². The first-order chi connectivity index (χ1) is 9.95. The van der Waals surface area contributed by atoms with Crippen LogP contribution in [0.5, 0.6) is 0 Å². The molecule has 3 nitrogen and oxygen atoms in total. The molecule has 0 aliphatic carbocycles. The van der Waals surface area contributed by atoms with Gasteiger partial charge >= 0.3 is 0 Å². The highest BCUT2D eigenvalue weighted by molar-refractivity contribution is 5.28. The van der Waals surface area contributed by atoms with Crippen LogP contribution in [0.4, 0.5) is 0 Å². The van der Waals surface area contributed by atoms with Gasteiger partial charge in [0.05, 0.1) is 0 Å². The lowest BCUT2D eigenvalue weighted by Crippen LogP contribution is -2.49. The summed E-state index contributed by atoms with van der Waals surface area (Å²) in [6, 6.07) is 9.25. The summed E-state index contributed by atoms with van der Waals surface area (Å²) in [7, 11) is 0. The van der Waals surface area contributed by atoms with Crippen molar-refractivity contribution in [1.82, 2.24) is 10.2 Å². The number of piperazine rings is 1. The van der Waals surface area contributed by atoms with Crippen LogP contribution in [0.25, 0.3) is 0 Å². The SMILES string of the molecule is CC(C)c1ccc([C@H](N2CCNCC2)C(C)(C)CO)cc1. The molecule has 0 amide bonds. The Bertz CT molecular complexity index is 433. The zero-order valence-electron chi connectivity index (χ0n) is 13.9. The number of aliphatic hydroxyl groups excluding tert-OH is 1. The topological polar surface area (TPSA) is 35.5 Å². The minimum Gasteiger partial charge on any atom is -0.396 e. The first-order valence-electron chi connectivity index (χ1n) is 8.11. The Morgan fingerprint density at radius 2 is 1.62 bits per heavy atom. The van der Waals surface area contributed by atoms with Crippen LogP contribution in [0, 0.1) is 5.41 Å². The summed E-state index contributed by atoms with van der Waals surface area (Å²) in [5, 5.41) is 13.3. The van der Waals surface area contributed by atoms with Gasteiger partial charge in [-0.1, -0.05) is 52.0 Å². The molecule has 0 saturated carbocycles. The molecule has 1 atom stereocenters. The average Bonchev–Trinajstić information content (AvgIpc) is 2.49. The smallest absolute Gasteiger partial charge is 0.0500 e. The van der Waals surface area contributed by atoms with Crippen LogP contribution >= 0.6 is 0 Å². The van der Waals surface area contributed by atoms with E-state index in [-0.39, 0.29) is 18.1 Å². The Morgan fingerprint density at radius 3 is 2.10 bits per heavy atom. The highest BCUT2D eigenvalue weighted by Gasteiger charge is 2.35. The quantitative estimate of drug-likeness (QED) is 0.875. The van der Waals surface area contributed by atoms with E-state index in [1.165, 1.54) is 11.1 Å². The second kappa shape index (κ2) is 6.91. The third-order valence-corrected chi connectivity index (χ3v) is 4.58. The molecule has 1 aromatic carbocycles. The maximum absolute atomic E-state index is 9.86. The lowest BCUT2D eigenvalue weighted by molar-refractivity contribution is 0.0305. The summed E-state index contributed by atoms with van der Waals surface area (Å²) in [5.41, 5.74) is 2.55. The van der Waals surface area contributed by atoms with Crippen molar-refractivity contribution >= 4 is 0 Å². The molecular formula is C18H30N2O. The minimum absolute atomic E-state index is 0.142. The first kappa shape index (κ1) is 16.5. The molecule has 118 valence electrons. The van der Waals surface area contributed by atoms with E-state index in [4.69, 9.17) is 0 Å². The fourth-order valence-corrected chi connectivity index (χ4v) is 3.25. The summed E-state index contributed by atoms with van der Waals surface area (Å²) in [5.74, 6) is 0.558. The van der Waals surface area contributed by atoms with E-state index in [0.717, 1.165) is 26.2 Å². The second-order valence-electron chi connectivity index (χ2n) is 7.16. The number of nitrogens with zero attached hydrogens (tertiary/aromatic N) is 1. The molecule has 1 aliphatic rings. The van der Waals surface area contributed by atoms with Gasteiger partial charge in [0.25, 0.3) is 0 Å². The van der Waals surface area contributed by atoms with Crippen LogP contribution in [0.15, 0.2) is 24.3 Å². The summed E-state index contributed by atoms with van der Waals surface area (Å²) >= 11 is 0. The fraction of sp³-hybridized carbons (Fsp3) is 0.667. The molecule has 0 spiro atoms. The molecule has 0 radical (unpaired) electrons. The van der Waals surface area contributed by atoms with Gasteiger partial charge in [-0.3, -0.25) is 4.90 Å². The van der Waals surface area contributed by atoms with Gasteiger partial charge < -0.3 is 10.4 Å². The van der Waals surface area contributed by atoms with E-state index < -0.39 is 0 Å². The van der Waals surface area contributed by atoms with Crippen molar-refractivity contribution in [1.29, 1.82) is 0 Å². The molecule has 0 aromatic heterocycles. The summed E-state index contributed by atoms with van der Waals surface area (Å²) in [6.45, 7) is 13.1. The van der Waals surface area contributed by atoms with Crippen molar-refractivity contribution in [3.8, 4) is 0 Å². The third kappa shape index (κ3) is 3.85. The molecule has 3 heteroatoms. The normalized spacial score (nSPS) is 19.0. The van der Waals surface area contributed by atoms with Crippen molar-refractivity contribution < 1.29 is 5.11 Å². The highest BCUT2D eigenvalue weighted by atomic mass is 16.3. The first-order valence-corrected chi connectivity index (χ1v) is 8.11. The number of benzene rings is 1. The zero-order valence-corrected chi connectivity index (χ0v) is 13.9. The molecule has 2 rings (SSSR count). The maximum atomic E-state index is 9.86. The van der Waals surface area contributed by atoms with Crippen molar-refractivity contribution in [2.45, 2.75) is 39.7 Å². The van der Waals surface area contributed by atoms with E-state index in [1.54, 1.807) is 0 Å². The number of aliphatic hydroxyl groups is 1. The number of nitrogens with one attached hydrogen (secondary N) is 1. The molecule has 1 aromatic rings. The van der Waals surface area contributed by atoms with E-state index >= 15 is 0 Å². The van der Waals surface area contributed by atoms with Crippen LogP contribution in [-0.4, -0.2) is 42.8 Å². The lowest BCUT2D eigenvalue weighted by Gasteiger charge is -2.43. The summed E-state index contributed by atoms with van der Waals surface area (Å²) in [4.78, 5) is 2.51. The zero-order chi connectivity index (χ0) is 15.5. The molecule has 1 saturated heterocycles. The van der Waals surface area contributed by atoms with Gasteiger partial charge in [-0.2, -0.15) is 0 Å². The third-order valence-electron chi connectivity index (χ3n) is 4.58. The largest absolute Gasteiger partial charge is 0.396 e. The standard InChI is InChI=1S/C18H30N2O/c1-14(2)15-5-7-16(8-6-15)17(18(3,4)13-21)20-11-9-19-10-12-20/h5-8,14,17,19,21H,9-13H2,1-4H3/t17-/m0/s1. The molecule has 1 heterocycles. The molecule has 2 N–H and O–H groups in total. The Hall–Kier alpha value is -0.900. The Morgan fingerprint density at radius 1 is 1.10 bits per heavy atom. The molecule has 1 aliphatic heterocycles. The van der Waals surface area contributed by atoms with Crippen LogP contribution in [-0.2, 0) is 0 Å². The fourth-order valence-electron chi connectivity index (χ4n) is 3.25. The van der Waals surface area contributed by atoms with Gasteiger partial charge in [0.15, 0.2) is 0 Å². The molecule has 1 fully saturated rings. The van der Waals surface area contributed by atoms with Gasteiger partial charge in [0.2, 0.25) is 0 Å². The van der Waals surface area contributed by atoms with Gasteiger partial charge in [0.1, 0.15) is 0 Å². The molecular weight excluding hydrogens is 260 g/mol. The van der Waals surface area contributed by atoms with E-state index in [0.29, 0.717) is 5.92 Å². The van der Waals surface area contributed by atoms with Crippen molar-refractivity contribution in [3.05, 3.63) is 35.4 Å². The minimum atomic E-state index is -0.142. The lowest BCUT2D eigenvalue weighted by atomic mass is 9.79. The summed E-state index contributed by atoms with van der Waals surface area (Å²) < 4.78 is 0.